The fraction of sp³-hybridized carbons (Fsp3) is 1.00. The van der Waals surface area contributed by atoms with Gasteiger partial charge in [-0.15, -0.1) is 0 Å². The molecule has 0 radical (unpaired) electrons. The van der Waals surface area contributed by atoms with Gasteiger partial charge in [-0.2, -0.15) is 0 Å². The second-order valence-corrected chi connectivity index (χ2v) is 3.21. The van der Waals surface area contributed by atoms with Crippen LogP contribution in [0.5, 0.6) is 0 Å². The Morgan fingerprint density at radius 3 is 2.29 bits per heavy atom. The molecule has 0 spiro atoms. The number of halogens is 2. The van der Waals surface area contributed by atoms with Gasteiger partial charge in [-0.25, -0.2) is 0 Å². The molecule has 0 saturated carbocycles. The Kier molecular flexibility index (Phi) is 5.73. The standard InChI is InChI=1S/C4H8Br2O/c5-3-4(6)1-2-7/h4,7H,1-3H2. The van der Waals surface area contributed by atoms with E-state index in [0.29, 0.717) is 4.83 Å². The molecule has 7 heavy (non-hydrogen) atoms. The summed E-state index contributed by atoms with van der Waals surface area (Å²) in [6, 6.07) is 0. The maximum Gasteiger partial charge on any atom is 0.0441 e. The Morgan fingerprint density at radius 2 is 2.14 bits per heavy atom. The van der Waals surface area contributed by atoms with E-state index in [2.05, 4.69) is 31.9 Å². The van der Waals surface area contributed by atoms with Gasteiger partial charge in [-0.3, -0.25) is 0 Å². The van der Waals surface area contributed by atoms with Crippen molar-refractivity contribution in [2.24, 2.45) is 0 Å². The second kappa shape index (κ2) is 5.06. The summed E-state index contributed by atoms with van der Waals surface area (Å²) >= 11 is 6.59. The zero-order valence-electron chi connectivity index (χ0n) is 3.90. The Labute approximate surface area is 60.4 Å². The van der Waals surface area contributed by atoms with Crippen LogP contribution in [0.3, 0.4) is 0 Å². The van der Waals surface area contributed by atoms with Gasteiger partial charge < -0.3 is 5.11 Å². The summed E-state index contributed by atoms with van der Waals surface area (Å²) in [5.74, 6) is 0. The average molecular weight is 232 g/mol. The molecule has 44 valence electrons. The number of aliphatic hydroxyl groups excluding tert-OH is 1. The first-order valence-corrected chi connectivity index (χ1v) is 4.16. The van der Waals surface area contributed by atoms with Crippen molar-refractivity contribution in [1.82, 2.24) is 0 Å². The second-order valence-electron chi connectivity index (χ2n) is 1.26. The summed E-state index contributed by atoms with van der Waals surface area (Å²) in [6.45, 7) is 0.265. The molecule has 0 aliphatic carbocycles. The minimum Gasteiger partial charge on any atom is -0.396 e. The van der Waals surface area contributed by atoms with E-state index in [1.807, 2.05) is 0 Å². The highest BCUT2D eigenvalue weighted by atomic mass is 79.9. The van der Waals surface area contributed by atoms with Gasteiger partial charge in [0.1, 0.15) is 0 Å². The van der Waals surface area contributed by atoms with Crippen LogP contribution in [0.1, 0.15) is 6.42 Å². The Balaban J connectivity index is 2.83. The zero-order chi connectivity index (χ0) is 5.70. The smallest absolute Gasteiger partial charge is 0.0441 e. The first-order chi connectivity index (χ1) is 3.31. The molecule has 3 heteroatoms. The largest absolute Gasteiger partial charge is 0.396 e. The quantitative estimate of drug-likeness (QED) is 0.731. The van der Waals surface area contributed by atoms with Crippen LogP contribution in [0.25, 0.3) is 0 Å². The van der Waals surface area contributed by atoms with Crippen LogP contribution < -0.4 is 0 Å². The lowest BCUT2D eigenvalue weighted by Gasteiger charge is -1.98. The Hall–Kier alpha value is 0.920. The number of aliphatic hydroxyl groups is 1. The van der Waals surface area contributed by atoms with Crippen molar-refractivity contribution < 1.29 is 5.11 Å². The van der Waals surface area contributed by atoms with Crippen LogP contribution in [-0.2, 0) is 0 Å². The lowest BCUT2D eigenvalue weighted by Crippen LogP contribution is -2.00. The van der Waals surface area contributed by atoms with E-state index in [1.54, 1.807) is 0 Å². The predicted molar refractivity (Wildman–Crippen MR) is 38.2 cm³/mol. The summed E-state index contributed by atoms with van der Waals surface area (Å²) < 4.78 is 0. The third-order valence-electron chi connectivity index (χ3n) is 0.610. The highest BCUT2D eigenvalue weighted by Gasteiger charge is 1.97. The molecule has 1 N–H and O–H groups in total. The topological polar surface area (TPSA) is 20.2 Å². The normalized spacial score (nSPS) is 14.1. The van der Waals surface area contributed by atoms with E-state index >= 15 is 0 Å². The minimum absolute atomic E-state index is 0.265. The summed E-state index contributed by atoms with van der Waals surface area (Å²) in [4.78, 5) is 0.428. The van der Waals surface area contributed by atoms with Gasteiger partial charge in [-0.1, -0.05) is 31.9 Å². The van der Waals surface area contributed by atoms with E-state index in [0.717, 1.165) is 11.8 Å². The fourth-order valence-electron chi connectivity index (χ4n) is 0.217. The number of hydrogen-bond donors (Lipinski definition) is 1. The van der Waals surface area contributed by atoms with Crippen molar-refractivity contribution in [2.75, 3.05) is 11.9 Å². The van der Waals surface area contributed by atoms with Crippen LogP contribution in [0.4, 0.5) is 0 Å². The van der Waals surface area contributed by atoms with Crippen molar-refractivity contribution >= 4 is 31.9 Å². The first kappa shape index (κ1) is 7.92. The Morgan fingerprint density at radius 1 is 1.57 bits per heavy atom. The molecule has 0 aromatic carbocycles. The van der Waals surface area contributed by atoms with Crippen LogP contribution in [0.2, 0.25) is 0 Å². The maximum atomic E-state index is 8.32. The lowest BCUT2D eigenvalue weighted by molar-refractivity contribution is 0.290. The SMILES string of the molecule is OCCC(Br)CBr. The molecule has 0 aliphatic rings. The van der Waals surface area contributed by atoms with Gasteiger partial charge in [-0.05, 0) is 6.42 Å². The molecular formula is C4H8Br2O. The van der Waals surface area contributed by atoms with Crippen molar-refractivity contribution in [3.63, 3.8) is 0 Å². The molecule has 0 fully saturated rings. The molecule has 1 unspecified atom stereocenters. The molecule has 0 aromatic heterocycles. The van der Waals surface area contributed by atoms with Crippen molar-refractivity contribution in [3.05, 3.63) is 0 Å². The highest BCUT2D eigenvalue weighted by Crippen LogP contribution is 2.06. The van der Waals surface area contributed by atoms with Crippen molar-refractivity contribution in [1.29, 1.82) is 0 Å². The zero-order valence-corrected chi connectivity index (χ0v) is 7.07. The minimum atomic E-state index is 0.265. The van der Waals surface area contributed by atoms with Gasteiger partial charge in [0, 0.05) is 16.8 Å². The van der Waals surface area contributed by atoms with Crippen LogP contribution in [0, 0.1) is 0 Å². The molecule has 1 nitrogen and oxygen atoms in total. The number of alkyl halides is 2. The van der Waals surface area contributed by atoms with E-state index < -0.39 is 0 Å². The third kappa shape index (κ3) is 4.78. The van der Waals surface area contributed by atoms with Crippen molar-refractivity contribution in [2.45, 2.75) is 11.2 Å². The molecule has 0 heterocycles. The molecule has 0 saturated heterocycles. The van der Waals surface area contributed by atoms with E-state index in [-0.39, 0.29) is 6.61 Å². The maximum absolute atomic E-state index is 8.32. The third-order valence-corrected chi connectivity index (χ3v) is 3.04. The summed E-state index contributed by atoms with van der Waals surface area (Å²) in [5.41, 5.74) is 0. The summed E-state index contributed by atoms with van der Waals surface area (Å²) in [5, 5.41) is 9.23. The van der Waals surface area contributed by atoms with Crippen LogP contribution >= 0.6 is 31.9 Å². The van der Waals surface area contributed by atoms with E-state index in [4.69, 9.17) is 5.11 Å². The number of rotatable bonds is 3. The van der Waals surface area contributed by atoms with Crippen molar-refractivity contribution in [3.8, 4) is 0 Å². The molecular weight excluding hydrogens is 224 g/mol. The molecule has 0 bridgehead atoms. The fourth-order valence-corrected chi connectivity index (χ4v) is 0.746. The van der Waals surface area contributed by atoms with Gasteiger partial charge in [0.15, 0.2) is 0 Å². The van der Waals surface area contributed by atoms with Crippen LogP contribution in [-0.4, -0.2) is 21.9 Å². The summed E-state index contributed by atoms with van der Waals surface area (Å²) in [7, 11) is 0. The Bertz CT molecular complexity index is 40.7. The lowest BCUT2D eigenvalue weighted by atomic mass is 10.4. The number of hydrogen-bond acceptors (Lipinski definition) is 1. The highest BCUT2D eigenvalue weighted by molar-refractivity contribution is 9.12. The van der Waals surface area contributed by atoms with E-state index in [9.17, 15) is 0 Å². The molecule has 0 amide bonds. The molecule has 0 rings (SSSR count). The molecule has 1 atom stereocenters. The first-order valence-electron chi connectivity index (χ1n) is 2.12. The van der Waals surface area contributed by atoms with Gasteiger partial charge in [0.05, 0.1) is 0 Å². The average Bonchev–Trinajstić information content (AvgIpc) is 1.68. The van der Waals surface area contributed by atoms with Gasteiger partial charge in [0.25, 0.3) is 0 Å². The van der Waals surface area contributed by atoms with E-state index in [1.165, 1.54) is 0 Å². The summed E-state index contributed by atoms with van der Waals surface area (Å²) in [6.07, 6.45) is 0.825. The van der Waals surface area contributed by atoms with Gasteiger partial charge >= 0.3 is 0 Å². The molecule has 0 aliphatic heterocycles. The molecule has 0 aromatic rings. The van der Waals surface area contributed by atoms with Gasteiger partial charge in [0.2, 0.25) is 0 Å². The monoisotopic (exact) mass is 230 g/mol. The van der Waals surface area contributed by atoms with Crippen LogP contribution in [0.15, 0.2) is 0 Å². The predicted octanol–water partition coefficient (Wildman–Crippen LogP) is 1.53.